The fourth-order valence-corrected chi connectivity index (χ4v) is 3.87. The third-order valence-electron chi connectivity index (χ3n) is 2.49. The Labute approximate surface area is 61.2 Å². The third-order valence-corrected chi connectivity index (χ3v) is 4.31. The summed E-state index contributed by atoms with van der Waals surface area (Å²) < 4.78 is 16.6. The van der Waals surface area contributed by atoms with Crippen LogP contribution in [-0.2, 0) is 13.3 Å². The fourth-order valence-electron chi connectivity index (χ4n) is 2.07. The number of hydrogen-bond acceptors (Lipinski definition) is 3. The molecular weight excluding hydrogens is 148 g/mol. The van der Waals surface area contributed by atoms with Gasteiger partial charge < -0.3 is 13.3 Å². The molecule has 0 unspecified atom stereocenters. The summed E-state index contributed by atoms with van der Waals surface area (Å²) in [5.41, 5.74) is 0. The maximum atomic E-state index is 5.52. The van der Waals surface area contributed by atoms with Crippen LogP contribution in [0.25, 0.3) is 0 Å². The second-order valence-electron chi connectivity index (χ2n) is 3.27. The van der Waals surface area contributed by atoms with Crippen LogP contribution in [0.2, 0.25) is 0 Å². The van der Waals surface area contributed by atoms with Crippen molar-refractivity contribution in [1.29, 1.82) is 0 Å². The van der Waals surface area contributed by atoms with Gasteiger partial charge in [0.2, 0.25) is 0 Å². The topological polar surface area (TPSA) is 27.7 Å². The van der Waals surface area contributed by atoms with Crippen LogP contribution < -0.4 is 0 Å². The second-order valence-corrected chi connectivity index (χ2v) is 4.66. The molecule has 0 spiro atoms. The molecule has 0 aromatic carbocycles. The summed E-state index contributed by atoms with van der Waals surface area (Å²) in [5.74, 6) is 0. The smallest absolute Gasteiger partial charge is 0.373 e. The molecule has 3 saturated heterocycles. The van der Waals surface area contributed by atoms with E-state index in [0.717, 1.165) is 19.3 Å². The van der Waals surface area contributed by atoms with E-state index >= 15 is 0 Å². The Morgan fingerprint density at radius 1 is 0.800 bits per heavy atom. The van der Waals surface area contributed by atoms with Crippen LogP contribution in [0.1, 0.15) is 19.3 Å². The molecule has 0 atom stereocenters. The summed E-state index contributed by atoms with van der Waals surface area (Å²) in [7, 11) is -1.58. The summed E-state index contributed by atoms with van der Waals surface area (Å²) in [6.07, 6.45) is 4.81. The molecular formula is C6H10O3Si. The molecule has 3 heterocycles. The van der Waals surface area contributed by atoms with Crippen LogP contribution in [0.15, 0.2) is 0 Å². The van der Waals surface area contributed by atoms with E-state index in [1.54, 1.807) is 0 Å². The van der Waals surface area contributed by atoms with Gasteiger partial charge in [0, 0.05) is 0 Å². The summed E-state index contributed by atoms with van der Waals surface area (Å²) >= 11 is 0. The van der Waals surface area contributed by atoms with Crippen LogP contribution in [0.4, 0.5) is 0 Å². The first-order valence-electron chi connectivity index (χ1n) is 3.86. The Kier molecular flexibility index (Phi) is 1.04. The molecule has 3 aliphatic heterocycles. The van der Waals surface area contributed by atoms with Crippen molar-refractivity contribution in [3.8, 4) is 0 Å². The Morgan fingerprint density at radius 2 is 1.20 bits per heavy atom. The van der Waals surface area contributed by atoms with E-state index in [1.807, 2.05) is 0 Å². The van der Waals surface area contributed by atoms with Crippen molar-refractivity contribution in [3.63, 3.8) is 0 Å². The largest absolute Gasteiger partial charge is 0.484 e. The maximum Gasteiger partial charge on any atom is 0.484 e. The zero-order chi connectivity index (χ0) is 6.55. The lowest BCUT2D eigenvalue weighted by Crippen LogP contribution is -2.57. The zero-order valence-corrected chi connectivity index (χ0v) is 6.81. The van der Waals surface area contributed by atoms with Gasteiger partial charge in [-0.2, -0.15) is 0 Å². The fraction of sp³-hybridized carbons (Fsp3) is 1.00. The highest BCUT2D eigenvalue weighted by atomic mass is 28.3. The molecule has 3 nitrogen and oxygen atoms in total. The highest BCUT2D eigenvalue weighted by Gasteiger charge is 2.46. The monoisotopic (exact) mass is 158 g/mol. The molecule has 4 rings (SSSR count). The van der Waals surface area contributed by atoms with E-state index in [0.29, 0.717) is 18.3 Å². The van der Waals surface area contributed by atoms with Crippen LogP contribution in [-0.4, -0.2) is 27.8 Å². The van der Waals surface area contributed by atoms with Crippen LogP contribution in [0.5, 0.6) is 0 Å². The van der Waals surface area contributed by atoms with Gasteiger partial charge in [-0.25, -0.2) is 0 Å². The van der Waals surface area contributed by atoms with Crippen molar-refractivity contribution >= 4 is 9.53 Å². The van der Waals surface area contributed by atoms with Gasteiger partial charge in [0.25, 0.3) is 0 Å². The molecule has 0 N–H and O–H groups in total. The summed E-state index contributed by atoms with van der Waals surface area (Å²) in [6, 6.07) is 0. The van der Waals surface area contributed by atoms with Gasteiger partial charge >= 0.3 is 9.53 Å². The zero-order valence-electron chi connectivity index (χ0n) is 5.66. The standard InChI is InChI=1S/C6H10O3Si/c1-4-2-6-3-5(1)8-10(7-4)9-6/h4-6,10H,1-3H2. The molecule has 0 amide bonds. The molecule has 0 aromatic heterocycles. The summed E-state index contributed by atoms with van der Waals surface area (Å²) in [4.78, 5) is 0. The highest BCUT2D eigenvalue weighted by Crippen LogP contribution is 2.36. The maximum absolute atomic E-state index is 5.52. The highest BCUT2D eigenvalue weighted by molar-refractivity contribution is 6.37. The molecule has 0 radical (unpaired) electrons. The molecule has 10 heavy (non-hydrogen) atoms. The lowest BCUT2D eigenvalue weighted by atomic mass is 9.93. The first-order chi connectivity index (χ1) is 4.90. The van der Waals surface area contributed by atoms with Gasteiger partial charge in [-0.3, -0.25) is 0 Å². The van der Waals surface area contributed by atoms with Crippen molar-refractivity contribution in [2.75, 3.05) is 0 Å². The van der Waals surface area contributed by atoms with Crippen LogP contribution in [0.3, 0.4) is 0 Å². The lowest BCUT2D eigenvalue weighted by molar-refractivity contribution is -0.149. The minimum absolute atomic E-state index is 0.489. The van der Waals surface area contributed by atoms with Crippen LogP contribution in [0, 0.1) is 0 Å². The van der Waals surface area contributed by atoms with E-state index < -0.39 is 9.53 Å². The average molecular weight is 158 g/mol. The Balaban J connectivity index is 1.90. The van der Waals surface area contributed by atoms with Crippen LogP contribution >= 0.6 is 0 Å². The van der Waals surface area contributed by atoms with E-state index in [1.165, 1.54) is 0 Å². The lowest BCUT2D eigenvalue weighted by Gasteiger charge is -2.48. The van der Waals surface area contributed by atoms with Crippen molar-refractivity contribution in [2.45, 2.75) is 37.6 Å². The van der Waals surface area contributed by atoms with E-state index in [2.05, 4.69) is 0 Å². The molecule has 4 heteroatoms. The quantitative estimate of drug-likeness (QED) is 0.467. The van der Waals surface area contributed by atoms with Crippen molar-refractivity contribution in [3.05, 3.63) is 0 Å². The predicted octanol–water partition coefficient (Wildman–Crippen LogP) is 0.0703. The minimum atomic E-state index is -1.58. The molecule has 1 saturated carbocycles. The van der Waals surface area contributed by atoms with E-state index in [9.17, 15) is 0 Å². The van der Waals surface area contributed by atoms with Gasteiger partial charge in [0.1, 0.15) is 0 Å². The van der Waals surface area contributed by atoms with E-state index in [4.69, 9.17) is 13.3 Å². The second kappa shape index (κ2) is 1.82. The summed E-state index contributed by atoms with van der Waals surface area (Å²) in [5, 5.41) is 0. The summed E-state index contributed by atoms with van der Waals surface area (Å²) in [6.45, 7) is 0. The Bertz CT molecular complexity index is 105. The third kappa shape index (κ3) is 0.702. The van der Waals surface area contributed by atoms with Gasteiger partial charge in [0.15, 0.2) is 0 Å². The first kappa shape index (κ1) is 5.71. The predicted molar refractivity (Wildman–Crippen MR) is 35.6 cm³/mol. The average Bonchev–Trinajstić information content (AvgIpc) is 1.82. The normalized spacial score (nSPS) is 57.6. The molecule has 4 bridgehead atoms. The number of hydrogen-bond donors (Lipinski definition) is 0. The SMILES string of the molecule is C1C2CC3CC1O[SiH](O2)O3. The molecule has 0 aromatic rings. The van der Waals surface area contributed by atoms with Gasteiger partial charge in [-0.05, 0) is 19.3 Å². The molecule has 4 aliphatic rings. The van der Waals surface area contributed by atoms with Gasteiger partial charge in [0.05, 0.1) is 18.3 Å². The van der Waals surface area contributed by atoms with Crippen molar-refractivity contribution < 1.29 is 13.3 Å². The molecule has 4 fully saturated rings. The Hall–Kier alpha value is 0.0969. The minimum Gasteiger partial charge on any atom is -0.373 e. The first-order valence-corrected chi connectivity index (χ1v) is 5.28. The van der Waals surface area contributed by atoms with Gasteiger partial charge in [-0.1, -0.05) is 0 Å². The van der Waals surface area contributed by atoms with E-state index in [-0.39, 0.29) is 0 Å². The molecule has 1 aliphatic carbocycles. The molecule has 56 valence electrons. The Morgan fingerprint density at radius 3 is 1.50 bits per heavy atom. The van der Waals surface area contributed by atoms with Gasteiger partial charge in [-0.15, -0.1) is 0 Å². The van der Waals surface area contributed by atoms with Crippen molar-refractivity contribution in [2.24, 2.45) is 0 Å². The van der Waals surface area contributed by atoms with Crippen molar-refractivity contribution in [1.82, 2.24) is 0 Å². The number of rotatable bonds is 0.